The second kappa shape index (κ2) is 46.8. The van der Waals surface area contributed by atoms with E-state index in [0.29, 0.717) is 185 Å². The fourth-order valence-corrected chi connectivity index (χ4v) is 19.3. The van der Waals surface area contributed by atoms with Gasteiger partial charge >= 0.3 is 0 Å². The Morgan fingerprint density at radius 3 is 1.20 bits per heavy atom. The smallest absolute Gasteiger partial charge is 0.247 e. The zero-order valence-electron chi connectivity index (χ0n) is 81.5. The molecular weight excluding hydrogens is 2010 g/mol. The van der Waals surface area contributed by atoms with Crippen LogP contribution in [0.5, 0.6) is 28.7 Å². The average Bonchev–Trinajstić information content (AvgIpc) is 1.58. The van der Waals surface area contributed by atoms with Gasteiger partial charge in [-0.2, -0.15) is 24.8 Å². The Balaban J connectivity index is 0.000000121. The van der Waals surface area contributed by atoms with Crippen molar-refractivity contribution >= 4 is 171 Å². The number of rotatable bonds is 22. The molecule has 5 aliphatic heterocycles. The molecule has 1 atom stereocenters. The van der Waals surface area contributed by atoms with Crippen molar-refractivity contribution in [2.24, 2.45) is 0 Å². The summed E-state index contributed by atoms with van der Waals surface area (Å²) >= 11 is 30.4. The van der Waals surface area contributed by atoms with Gasteiger partial charge in [0.25, 0.3) is 0 Å². The molecule has 6 aromatic carbocycles. The number of nitrogens with zero attached hydrogens (tertiary/aromatic N) is 26. The monoisotopic (exact) mass is 2110 g/mol. The van der Waals surface area contributed by atoms with Gasteiger partial charge in [-0.15, -0.1) is 5.10 Å². The number of methoxy groups -OCH3 is 5. The first-order chi connectivity index (χ1) is 71.9. The van der Waals surface area contributed by atoms with E-state index in [0.717, 1.165) is 94.6 Å². The molecule has 0 radical (unpaired) electrons. The van der Waals surface area contributed by atoms with Crippen molar-refractivity contribution in [3.63, 3.8) is 0 Å². The number of hydrogen-bond donors (Lipinski definition) is 0. The van der Waals surface area contributed by atoms with Crippen molar-refractivity contribution in [2.75, 3.05) is 184 Å². The van der Waals surface area contributed by atoms with E-state index in [9.17, 15) is 32.8 Å². The molecular formula is C103H103Cl5F2N26O12. The fraction of sp³-hybridized carbons (Fsp3) is 0.301. The van der Waals surface area contributed by atoms with Crippen molar-refractivity contribution in [1.29, 1.82) is 0 Å². The summed E-state index contributed by atoms with van der Waals surface area (Å²) in [4.78, 5) is 110. The summed E-state index contributed by atoms with van der Waals surface area (Å²) in [5, 5.41) is 28.2. The van der Waals surface area contributed by atoms with Crippen LogP contribution in [0.3, 0.4) is 0 Å². The average molecular weight is 2110 g/mol. The molecule has 0 aliphatic carbocycles. The van der Waals surface area contributed by atoms with E-state index in [1.54, 1.807) is 137 Å². The number of anilines is 5. The van der Waals surface area contributed by atoms with E-state index >= 15 is 0 Å². The highest BCUT2D eigenvalue weighted by Gasteiger charge is 2.34. The van der Waals surface area contributed by atoms with Gasteiger partial charge in [0.1, 0.15) is 79.8 Å². The first kappa shape index (κ1) is 102. The van der Waals surface area contributed by atoms with Crippen molar-refractivity contribution < 1.29 is 65.3 Å². The first-order valence-electron chi connectivity index (χ1n) is 47.6. The molecule has 5 saturated heterocycles. The van der Waals surface area contributed by atoms with Crippen LogP contribution >= 0.6 is 58.0 Å². The van der Waals surface area contributed by atoms with Crippen LogP contribution in [0.1, 0.15) is 6.92 Å². The minimum absolute atomic E-state index is 0.00709. The summed E-state index contributed by atoms with van der Waals surface area (Å²) in [6.07, 6.45) is 18.1. The molecule has 17 aromatic rings. The number of hydrogen-bond acceptors (Lipinski definition) is 28. The van der Waals surface area contributed by atoms with Gasteiger partial charge in [-0.05, 0) is 110 Å². The number of pyridine rings is 4. The number of fused-ring (bicyclic) bond motifs is 5. The standard InChI is InChI=1S/C23H22ClFN6O3.C22H21ClN6O3.C20H21ClN4O2.C19H19ClFN5O2.C19H20ClN5O2/c1-14-12-29(18-11-19(33-2)16(24)10-17(18)25)7-8-30(14)20(32)13-31-22-15(4-3-5-26-22)21(28-31)23-27-6-9-34-23;1-31-18-13-15(4-5-17(18)23)27-8-10-28(11-9-27)19(30)14-29-21-16(3-2-6-24-21)20(26-29)22-25-7-12-32-22;1-27-19-12-16(6-7-17(19)21)23-8-10-24(11-9-23)20(26)14-25-13-15-4-2-3-5-18(15)22-25;1-28-16-11-13(4-5-15(16)20)24-7-9-25(10-8-24)17(27)12-26-19-14(18(21)23-26)3-2-6-22-19;1-27-18-10-15(2-3-16(18)20)23-6-8-24(9-7-23)19(26)13-25-17-12-21-5-4-14(17)11-22-25/h3-6,9-11,14H,7-8,12-13H2,1-2H3;2-7,12-13H,8-11,14H2,1H3;2-7,12-13H,8-11,14H2,1H3;2-6,11H,7-10,12H2,1H3;2-5,10-12H,6-9,13H2,1H3/t14-;;;;/m0..../s1. The number of halogens is 7. The summed E-state index contributed by atoms with van der Waals surface area (Å²) in [7, 11) is 7.89. The Labute approximate surface area is 872 Å². The maximum absolute atomic E-state index is 14.6. The van der Waals surface area contributed by atoms with Gasteiger partial charge in [0.05, 0.1) is 118 Å². The SMILES string of the molecule is COc1cc(N2CCN(C(=O)Cn3cc4ccccc4n3)CC2)ccc1Cl.COc1cc(N2CCN(C(=O)Cn3nc(-c4ncco4)c4cccnc43)CC2)ccc1Cl.COc1cc(N2CCN(C(=O)Cn3nc(-c4ncco4)c4cccnc43)[C@@H](C)C2)c(F)cc1Cl.COc1cc(N2CCN(C(=O)Cn3nc(F)c4cccnc43)CC2)ccc1Cl.COc1cc(N2CCN(C(=O)Cn3ncc4ccncc43)CC2)ccc1Cl. The highest BCUT2D eigenvalue weighted by molar-refractivity contribution is 6.33. The number of amides is 5. The van der Waals surface area contributed by atoms with Crippen molar-refractivity contribution in [1.82, 2.24) is 103 Å². The lowest BCUT2D eigenvalue weighted by Crippen LogP contribution is -2.55. The molecule has 5 amide bonds. The highest BCUT2D eigenvalue weighted by atomic mass is 35.5. The Morgan fingerprint density at radius 2 is 0.770 bits per heavy atom. The second-order valence-electron chi connectivity index (χ2n) is 34.9. The third-order valence-corrected chi connectivity index (χ3v) is 27.7. The molecule has 766 valence electrons. The molecule has 0 unspecified atom stereocenters. The van der Waals surface area contributed by atoms with E-state index < -0.39 is 11.8 Å². The van der Waals surface area contributed by atoms with Gasteiger partial charge in [0, 0.05) is 225 Å². The normalized spacial score (nSPS) is 14.9. The van der Waals surface area contributed by atoms with Crippen LogP contribution in [-0.2, 0) is 56.7 Å². The topological polar surface area (TPSA) is 357 Å². The third kappa shape index (κ3) is 23.4. The molecule has 0 bridgehead atoms. The zero-order valence-corrected chi connectivity index (χ0v) is 85.3. The molecule has 5 aliphatic rings. The zero-order chi connectivity index (χ0) is 103. The summed E-state index contributed by atoms with van der Waals surface area (Å²) in [6, 6.07) is 46.0. The van der Waals surface area contributed by atoms with Crippen LogP contribution in [0.15, 0.2) is 229 Å². The largest absolute Gasteiger partial charge is 0.495 e. The number of oxazole rings is 2. The van der Waals surface area contributed by atoms with E-state index in [2.05, 4.69) is 75.0 Å². The van der Waals surface area contributed by atoms with Crippen LogP contribution < -0.4 is 48.2 Å². The van der Waals surface area contributed by atoms with E-state index in [-0.39, 0.29) is 73.3 Å². The fourth-order valence-electron chi connectivity index (χ4n) is 18.3. The van der Waals surface area contributed by atoms with Gasteiger partial charge in [-0.25, -0.2) is 43.4 Å². The predicted molar refractivity (Wildman–Crippen MR) is 559 cm³/mol. The number of piperazine rings is 5. The van der Waals surface area contributed by atoms with Gasteiger partial charge in [0.15, 0.2) is 28.3 Å². The molecule has 148 heavy (non-hydrogen) atoms. The molecule has 45 heteroatoms. The van der Waals surface area contributed by atoms with E-state index in [1.807, 2.05) is 148 Å². The predicted octanol–water partition coefficient (Wildman–Crippen LogP) is 14.8. The van der Waals surface area contributed by atoms with Gasteiger partial charge < -0.3 is 81.5 Å². The Bertz CT molecular complexity index is 7530. The van der Waals surface area contributed by atoms with Crippen LogP contribution in [0, 0.1) is 11.8 Å². The summed E-state index contributed by atoms with van der Waals surface area (Å²) < 4.78 is 73.7. The minimum Gasteiger partial charge on any atom is -0.495 e. The quantitative estimate of drug-likeness (QED) is 0.0608. The lowest BCUT2D eigenvalue weighted by atomic mass is 10.1. The van der Waals surface area contributed by atoms with E-state index in [1.165, 1.54) is 30.4 Å². The third-order valence-electron chi connectivity index (χ3n) is 26.1. The van der Waals surface area contributed by atoms with Crippen LogP contribution in [0.4, 0.5) is 37.2 Å². The lowest BCUT2D eigenvalue weighted by molar-refractivity contribution is -0.134. The van der Waals surface area contributed by atoms with Gasteiger partial charge in [-0.3, -0.25) is 38.3 Å². The van der Waals surface area contributed by atoms with E-state index in [4.69, 9.17) is 90.5 Å². The van der Waals surface area contributed by atoms with Crippen molar-refractivity contribution in [2.45, 2.75) is 45.7 Å². The summed E-state index contributed by atoms with van der Waals surface area (Å²) in [5.41, 5.74) is 9.00. The number of benzene rings is 6. The first-order valence-corrected chi connectivity index (χ1v) is 49.4. The number of carbonyl (C=O) groups excluding carboxylic acids is 5. The Kier molecular flexibility index (Phi) is 32.4. The molecule has 11 aromatic heterocycles. The highest BCUT2D eigenvalue weighted by Crippen LogP contribution is 2.39. The summed E-state index contributed by atoms with van der Waals surface area (Å²) in [6.45, 7) is 14.8. The van der Waals surface area contributed by atoms with Gasteiger partial charge in [0.2, 0.25) is 47.3 Å². The number of aromatic nitrogens is 16. The molecule has 16 heterocycles. The Morgan fingerprint density at radius 1 is 0.372 bits per heavy atom. The molecule has 38 nitrogen and oxygen atoms in total. The number of carbonyl (C=O) groups is 5. The Hall–Kier alpha value is -15.7. The molecule has 5 fully saturated rings. The maximum atomic E-state index is 14.6. The number of ether oxygens (including phenoxy) is 5. The van der Waals surface area contributed by atoms with Crippen molar-refractivity contribution in [3.8, 4) is 51.9 Å². The molecule has 0 spiro atoms. The minimum atomic E-state index is -0.614. The molecule has 0 saturated carbocycles. The van der Waals surface area contributed by atoms with Crippen LogP contribution in [0.25, 0.3) is 78.1 Å². The molecule has 0 N–H and O–H groups in total. The summed E-state index contributed by atoms with van der Waals surface area (Å²) in [5.74, 6) is 2.67. The second-order valence-corrected chi connectivity index (χ2v) is 37.0. The lowest BCUT2D eigenvalue weighted by Gasteiger charge is -2.41. The molecule has 22 rings (SSSR count). The van der Waals surface area contributed by atoms with Crippen molar-refractivity contribution in [3.05, 3.63) is 257 Å². The van der Waals surface area contributed by atoms with Crippen LogP contribution in [-0.4, -0.2) is 299 Å². The van der Waals surface area contributed by atoms with Gasteiger partial charge in [-0.1, -0.05) is 76.2 Å². The van der Waals surface area contributed by atoms with Crippen LogP contribution in [0.2, 0.25) is 25.1 Å². The maximum Gasteiger partial charge on any atom is 0.247 e.